The minimum absolute atomic E-state index is 0.0546. The number of rotatable bonds is 4. The lowest BCUT2D eigenvalue weighted by Gasteiger charge is -2.12. The molecule has 0 spiro atoms. The van der Waals surface area contributed by atoms with Gasteiger partial charge in [0.2, 0.25) is 0 Å². The summed E-state index contributed by atoms with van der Waals surface area (Å²) in [6.45, 7) is -0.541. The molecule has 0 bridgehead atoms. The SMILES string of the molecule is O=C(O)c1nc(-c2ccc(Cl)cc2Cl)n(-c2ccc(O)cc2)c1CO. The molecule has 8 heteroatoms. The molecule has 0 aliphatic rings. The Morgan fingerprint density at radius 2 is 1.80 bits per heavy atom. The Labute approximate surface area is 152 Å². The Morgan fingerprint density at radius 3 is 2.36 bits per heavy atom. The maximum Gasteiger partial charge on any atom is 0.356 e. The van der Waals surface area contributed by atoms with Crippen LogP contribution in [0.1, 0.15) is 16.2 Å². The van der Waals surface area contributed by atoms with Gasteiger partial charge < -0.3 is 15.3 Å². The van der Waals surface area contributed by atoms with Crippen LogP contribution in [0.5, 0.6) is 5.75 Å². The molecule has 6 nitrogen and oxygen atoms in total. The molecule has 2 aromatic carbocycles. The highest BCUT2D eigenvalue weighted by molar-refractivity contribution is 6.36. The van der Waals surface area contributed by atoms with Gasteiger partial charge >= 0.3 is 5.97 Å². The molecule has 3 N–H and O–H groups in total. The number of hydrogen-bond acceptors (Lipinski definition) is 4. The van der Waals surface area contributed by atoms with Gasteiger partial charge in [-0.1, -0.05) is 23.2 Å². The molecule has 0 fully saturated rings. The van der Waals surface area contributed by atoms with E-state index in [-0.39, 0.29) is 23.0 Å². The van der Waals surface area contributed by atoms with E-state index in [1.807, 2.05) is 0 Å². The molecule has 0 unspecified atom stereocenters. The van der Waals surface area contributed by atoms with Crippen LogP contribution in [0.15, 0.2) is 42.5 Å². The maximum atomic E-state index is 11.5. The van der Waals surface area contributed by atoms with Crippen molar-refractivity contribution in [3.05, 3.63) is 63.9 Å². The van der Waals surface area contributed by atoms with E-state index in [0.29, 0.717) is 21.3 Å². The van der Waals surface area contributed by atoms with E-state index in [2.05, 4.69) is 4.98 Å². The molecular formula is C17H12Cl2N2O4. The Morgan fingerprint density at radius 1 is 1.12 bits per heavy atom. The Balaban J connectivity index is 2.34. The van der Waals surface area contributed by atoms with Crippen LogP contribution in [0.2, 0.25) is 10.0 Å². The highest BCUT2D eigenvalue weighted by Crippen LogP contribution is 2.33. The third-order valence-corrected chi connectivity index (χ3v) is 4.15. The number of aromatic hydroxyl groups is 1. The zero-order valence-corrected chi connectivity index (χ0v) is 14.2. The van der Waals surface area contributed by atoms with Gasteiger partial charge in [-0.15, -0.1) is 0 Å². The molecule has 25 heavy (non-hydrogen) atoms. The number of carboxylic acid groups (broad SMARTS) is 1. The summed E-state index contributed by atoms with van der Waals surface area (Å²) in [5, 5.41) is 29.3. The zero-order valence-electron chi connectivity index (χ0n) is 12.6. The highest BCUT2D eigenvalue weighted by Gasteiger charge is 2.24. The first-order chi connectivity index (χ1) is 11.9. The average Bonchev–Trinajstić information content (AvgIpc) is 2.95. The first kappa shape index (κ1) is 17.3. The topological polar surface area (TPSA) is 95.6 Å². The number of aliphatic hydroxyl groups is 1. The van der Waals surface area contributed by atoms with Gasteiger partial charge in [-0.25, -0.2) is 9.78 Å². The van der Waals surface area contributed by atoms with Gasteiger partial charge in [-0.3, -0.25) is 4.57 Å². The summed E-state index contributed by atoms with van der Waals surface area (Å²) in [4.78, 5) is 15.7. The van der Waals surface area contributed by atoms with Crippen molar-refractivity contribution in [1.82, 2.24) is 9.55 Å². The van der Waals surface area contributed by atoms with Crippen molar-refractivity contribution in [2.24, 2.45) is 0 Å². The van der Waals surface area contributed by atoms with E-state index < -0.39 is 12.6 Å². The summed E-state index contributed by atoms with van der Waals surface area (Å²) >= 11 is 12.2. The number of nitrogens with zero attached hydrogens (tertiary/aromatic N) is 2. The predicted molar refractivity (Wildman–Crippen MR) is 93.6 cm³/mol. The molecule has 0 atom stereocenters. The third kappa shape index (κ3) is 3.19. The summed E-state index contributed by atoms with van der Waals surface area (Å²) in [6, 6.07) is 10.8. The van der Waals surface area contributed by atoms with Crippen molar-refractivity contribution in [2.45, 2.75) is 6.61 Å². The minimum Gasteiger partial charge on any atom is -0.508 e. The van der Waals surface area contributed by atoms with Gasteiger partial charge in [0.05, 0.1) is 17.3 Å². The van der Waals surface area contributed by atoms with Crippen LogP contribution in [-0.4, -0.2) is 30.8 Å². The van der Waals surface area contributed by atoms with Crippen LogP contribution >= 0.6 is 23.2 Å². The lowest BCUT2D eigenvalue weighted by molar-refractivity contribution is 0.0687. The fraction of sp³-hybridized carbons (Fsp3) is 0.0588. The fourth-order valence-corrected chi connectivity index (χ4v) is 3.00. The zero-order chi connectivity index (χ0) is 18.1. The van der Waals surface area contributed by atoms with Gasteiger partial charge in [-0.2, -0.15) is 0 Å². The van der Waals surface area contributed by atoms with E-state index >= 15 is 0 Å². The van der Waals surface area contributed by atoms with Gasteiger partial charge in [0.25, 0.3) is 0 Å². The molecule has 0 amide bonds. The van der Waals surface area contributed by atoms with Crippen LogP contribution in [-0.2, 0) is 6.61 Å². The first-order valence-corrected chi connectivity index (χ1v) is 7.88. The van der Waals surface area contributed by atoms with Gasteiger partial charge in [-0.05, 0) is 42.5 Å². The number of halogens is 2. The summed E-state index contributed by atoms with van der Waals surface area (Å²) < 4.78 is 1.48. The van der Waals surface area contributed by atoms with E-state index in [4.69, 9.17) is 23.2 Å². The molecule has 0 saturated heterocycles. The molecule has 1 heterocycles. The van der Waals surface area contributed by atoms with Crippen molar-refractivity contribution in [3.63, 3.8) is 0 Å². The Hall–Kier alpha value is -2.54. The first-order valence-electron chi connectivity index (χ1n) is 7.13. The number of carboxylic acids is 1. The van der Waals surface area contributed by atoms with Crippen molar-refractivity contribution < 1.29 is 20.1 Å². The van der Waals surface area contributed by atoms with E-state index in [0.717, 1.165) is 0 Å². The van der Waals surface area contributed by atoms with E-state index in [1.165, 1.54) is 22.8 Å². The van der Waals surface area contributed by atoms with Crippen molar-refractivity contribution in [1.29, 1.82) is 0 Å². The Bertz CT molecular complexity index is 952. The second-order valence-electron chi connectivity index (χ2n) is 5.17. The van der Waals surface area contributed by atoms with Crippen molar-refractivity contribution >= 4 is 29.2 Å². The minimum atomic E-state index is -1.27. The summed E-state index contributed by atoms with van der Waals surface area (Å²) in [7, 11) is 0. The molecule has 0 saturated carbocycles. The predicted octanol–water partition coefficient (Wildman–Crippen LogP) is 3.74. The number of aromatic carboxylic acids is 1. The molecule has 128 valence electrons. The molecule has 0 aliphatic carbocycles. The lowest BCUT2D eigenvalue weighted by atomic mass is 10.2. The van der Waals surface area contributed by atoms with Crippen LogP contribution in [0.3, 0.4) is 0 Å². The quantitative estimate of drug-likeness (QED) is 0.642. The molecular weight excluding hydrogens is 367 g/mol. The Kier molecular flexibility index (Phi) is 4.67. The van der Waals surface area contributed by atoms with Gasteiger partial charge in [0, 0.05) is 16.3 Å². The van der Waals surface area contributed by atoms with Crippen molar-refractivity contribution in [3.8, 4) is 22.8 Å². The number of benzene rings is 2. The van der Waals surface area contributed by atoms with E-state index in [1.54, 1.807) is 24.3 Å². The average molecular weight is 379 g/mol. The largest absolute Gasteiger partial charge is 0.508 e. The summed E-state index contributed by atoms with van der Waals surface area (Å²) in [5.41, 5.74) is 0.792. The second kappa shape index (κ2) is 6.76. The van der Waals surface area contributed by atoms with Gasteiger partial charge in [0.1, 0.15) is 11.6 Å². The number of carbonyl (C=O) groups is 1. The number of phenolic OH excluding ortho intramolecular Hbond substituents is 1. The highest BCUT2D eigenvalue weighted by atomic mass is 35.5. The normalized spacial score (nSPS) is 10.8. The molecule has 3 rings (SSSR count). The fourth-order valence-electron chi connectivity index (χ4n) is 2.50. The summed E-state index contributed by atoms with van der Waals surface area (Å²) in [6.07, 6.45) is 0. The number of imidazole rings is 1. The van der Waals surface area contributed by atoms with Crippen LogP contribution in [0.25, 0.3) is 17.1 Å². The molecule has 3 aromatic rings. The smallest absolute Gasteiger partial charge is 0.356 e. The van der Waals surface area contributed by atoms with Crippen LogP contribution < -0.4 is 0 Å². The van der Waals surface area contributed by atoms with Crippen LogP contribution in [0.4, 0.5) is 0 Å². The van der Waals surface area contributed by atoms with Crippen molar-refractivity contribution in [2.75, 3.05) is 0 Å². The maximum absolute atomic E-state index is 11.5. The number of aromatic nitrogens is 2. The number of aliphatic hydroxyl groups excluding tert-OH is 1. The third-order valence-electron chi connectivity index (χ3n) is 3.61. The standard InChI is InChI=1S/C17H12Cl2N2O4/c18-9-1-6-12(13(19)7-9)16-20-15(17(24)25)14(8-22)21(16)10-2-4-11(23)5-3-10/h1-7,22-23H,8H2,(H,24,25). The monoisotopic (exact) mass is 378 g/mol. The van der Waals surface area contributed by atoms with Crippen LogP contribution in [0, 0.1) is 0 Å². The summed E-state index contributed by atoms with van der Waals surface area (Å²) in [5.74, 6) is -0.972. The molecule has 1 aromatic heterocycles. The second-order valence-corrected chi connectivity index (χ2v) is 6.01. The lowest BCUT2D eigenvalue weighted by Crippen LogP contribution is -2.06. The van der Waals surface area contributed by atoms with E-state index in [9.17, 15) is 20.1 Å². The molecule has 0 aliphatic heterocycles. The number of phenols is 1. The number of hydrogen-bond donors (Lipinski definition) is 3. The van der Waals surface area contributed by atoms with Gasteiger partial charge in [0.15, 0.2) is 5.69 Å². The molecule has 0 radical (unpaired) electrons.